The summed E-state index contributed by atoms with van der Waals surface area (Å²) in [5.41, 5.74) is 3.41. The van der Waals surface area contributed by atoms with Gasteiger partial charge in [-0.05, 0) is 30.3 Å². The van der Waals surface area contributed by atoms with Gasteiger partial charge in [-0.25, -0.2) is 0 Å². The minimum absolute atomic E-state index is 0.307. The number of hydrogen-bond acceptors (Lipinski definition) is 6. The van der Waals surface area contributed by atoms with Crippen LogP contribution in [0.2, 0.25) is 0 Å². The van der Waals surface area contributed by atoms with Crippen LogP contribution in [-0.2, 0) is 10.4 Å². The molecule has 3 aromatic carbocycles. The summed E-state index contributed by atoms with van der Waals surface area (Å²) in [6.07, 6.45) is 5.30. The summed E-state index contributed by atoms with van der Waals surface area (Å²) >= 11 is -2.76. The Bertz CT molecular complexity index is 1550. The van der Waals surface area contributed by atoms with E-state index < -0.39 is 15.1 Å². The number of aromatic nitrogens is 3. The van der Waals surface area contributed by atoms with Gasteiger partial charge in [0.15, 0.2) is 0 Å². The van der Waals surface area contributed by atoms with E-state index in [2.05, 4.69) is 15.0 Å². The molecule has 3 aromatic heterocycles. The number of pyridine rings is 3. The van der Waals surface area contributed by atoms with Gasteiger partial charge in [0.25, 0.3) is 0 Å². The van der Waals surface area contributed by atoms with Crippen molar-refractivity contribution < 1.29 is 11.4 Å². The van der Waals surface area contributed by atoms with E-state index in [0.717, 1.165) is 38.3 Å². The number of hydrogen-bond donors (Lipinski definition) is 0. The molecule has 0 radical (unpaired) electrons. The molecule has 0 unspecified atom stereocenters. The van der Waals surface area contributed by atoms with Crippen molar-refractivity contribution in [2.24, 2.45) is 0 Å². The first-order valence-electron chi connectivity index (χ1n) is 11.3. The summed E-state index contributed by atoms with van der Waals surface area (Å²) in [6, 6.07) is 29.5. The van der Waals surface area contributed by atoms with E-state index in [4.69, 9.17) is 11.4 Å². The van der Waals surface area contributed by atoms with Crippen molar-refractivity contribution in [2.75, 3.05) is 0 Å². The SMILES string of the molecule is c1cnc2c(C[O][Al]([O]c3cccc4cccnc34)[O]c3cccc4cccnc34)cccc2c1. The van der Waals surface area contributed by atoms with Crippen LogP contribution in [0, 0.1) is 0 Å². The smallest absolute Gasteiger partial charge is 0.587 e. The quantitative estimate of drug-likeness (QED) is 0.265. The molecule has 0 fully saturated rings. The van der Waals surface area contributed by atoms with Gasteiger partial charge < -0.3 is 11.4 Å². The van der Waals surface area contributed by atoms with E-state index in [0.29, 0.717) is 18.1 Å². The van der Waals surface area contributed by atoms with Crippen LogP contribution in [0.5, 0.6) is 11.5 Å². The van der Waals surface area contributed by atoms with Crippen LogP contribution in [0.3, 0.4) is 0 Å². The second-order valence-corrected chi connectivity index (χ2v) is 9.37. The number of fused-ring (bicyclic) bond motifs is 3. The number of rotatable bonds is 7. The zero-order chi connectivity index (χ0) is 23.5. The first kappa shape index (κ1) is 21.5. The van der Waals surface area contributed by atoms with Crippen molar-refractivity contribution in [1.29, 1.82) is 0 Å². The zero-order valence-electron chi connectivity index (χ0n) is 18.7. The van der Waals surface area contributed by atoms with Gasteiger partial charge in [-0.3, -0.25) is 15.0 Å². The molecular formula is C28H20AlN3O3. The summed E-state index contributed by atoms with van der Waals surface area (Å²) in [5, 5.41) is 3.04. The number of nitrogens with zero attached hydrogens (tertiary/aromatic N) is 3. The van der Waals surface area contributed by atoms with Crippen molar-refractivity contribution in [2.45, 2.75) is 6.61 Å². The zero-order valence-corrected chi connectivity index (χ0v) is 19.9. The average Bonchev–Trinajstić information content (AvgIpc) is 2.92. The predicted molar refractivity (Wildman–Crippen MR) is 137 cm³/mol. The number of para-hydroxylation sites is 3. The fraction of sp³-hybridized carbons (Fsp3) is 0.0357. The molecule has 6 aromatic rings. The second kappa shape index (κ2) is 9.69. The molecule has 0 aliphatic carbocycles. The molecule has 0 aliphatic rings. The molecule has 0 saturated carbocycles. The lowest BCUT2D eigenvalue weighted by atomic mass is 10.1. The van der Waals surface area contributed by atoms with Crippen molar-refractivity contribution in [3.8, 4) is 11.5 Å². The van der Waals surface area contributed by atoms with Gasteiger partial charge >= 0.3 is 15.1 Å². The van der Waals surface area contributed by atoms with Gasteiger partial charge in [0.05, 0.1) is 5.52 Å². The third-order valence-corrected chi connectivity index (χ3v) is 7.06. The summed E-state index contributed by atoms with van der Waals surface area (Å²) in [6.45, 7) is 0.307. The predicted octanol–water partition coefficient (Wildman–Crippen LogP) is 5.99. The standard InChI is InChI=1S/C10H8NO.2C9H7NO.Al/c12-7-9-4-1-3-8-5-2-6-11-10(8)9;2*11-8-5-1-3-7-4-2-6-10-9(7)8;/h1-6H,7H2;2*1-6,11H;/q-1;;;+3/p-2. The third-order valence-electron chi connectivity index (χ3n) is 5.73. The van der Waals surface area contributed by atoms with E-state index in [1.807, 2.05) is 91.0 Å². The van der Waals surface area contributed by atoms with Gasteiger partial charge in [0.2, 0.25) is 0 Å². The lowest BCUT2D eigenvalue weighted by molar-refractivity contribution is 0.193. The van der Waals surface area contributed by atoms with Crippen LogP contribution in [-0.4, -0.2) is 30.1 Å². The maximum absolute atomic E-state index is 6.40. The van der Waals surface area contributed by atoms with Crippen molar-refractivity contribution in [3.05, 3.63) is 115 Å². The molecule has 0 aliphatic heterocycles. The van der Waals surface area contributed by atoms with Gasteiger partial charge in [0, 0.05) is 46.9 Å². The Morgan fingerprint density at radius 2 is 0.971 bits per heavy atom. The summed E-state index contributed by atoms with van der Waals surface area (Å²) in [4.78, 5) is 13.6. The van der Waals surface area contributed by atoms with Crippen LogP contribution in [0.1, 0.15) is 5.56 Å². The van der Waals surface area contributed by atoms with Gasteiger partial charge in [0.1, 0.15) is 22.5 Å². The molecule has 0 atom stereocenters. The minimum atomic E-state index is -2.76. The lowest BCUT2D eigenvalue weighted by Gasteiger charge is -2.18. The Kier molecular flexibility index (Phi) is 5.96. The minimum Gasteiger partial charge on any atom is -0.587 e. The lowest BCUT2D eigenvalue weighted by Crippen LogP contribution is -2.34. The molecule has 0 spiro atoms. The van der Waals surface area contributed by atoms with Gasteiger partial charge in [-0.15, -0.1) is 0 Å². The maximum Gasteiger partial charge on any atom is 1.10 e. The molecule has 0 amide bonds. The van der Waals surface area contributed by atoms with Crippen molar-refractivity contribution in [3.63, 3.8) is 0 Å². The molecule has 0 saturated heterocycles. The van der Waals surface area contributed by atoms with Crippen LogP contribution >= 0.6 is 0 Å². The van der Waals surface area contributed by atoms with Crippen molar-refractivity contribution >= 4 is 47.9 Å². The largest absolute Gasteiger partial charge is 1.10 e. The first-order chi connectivity index (χ1) is 17.3. The summed E-state index contributed by atoms with van der Waals surface area (Å²) in [5.74, 6) is 1.26. The van der Waals surface area contributed by atoms with Gasteiger partial charge in [-0.1, -0.05) is 60.7 Å². The van der Waals surface area contributed by atoms with Gasteiger partial charge in [-0.2, -0.15) is 0 Å². The highest BCUT2D eigenvalue weighted by Crippen LogP contribution is 2.27. The van der Waals surface area contributed by atoms with Crippen LogP contribution in [0.4, 0.5) is 0 Å². The van der Waals surface area contributed by atoms with E-state index in [9.17, 15) is 0 Å². The molecule has 0 N–H and O–H groups in total. The Morgan fingerprint density at radius 3 is 1.54 bits per heavy atom. The molecule has 35 heavy (non-hydrogen) atoms. The molecule has 0 bridgehead atoms. The highest BCUT2D eigenvalue weighted by Gasteiger charge is 2.41. The summed E-state index contributed by atoms with van der Waals surface area (Å²) < 4.78 is 19.1. The van der Waals surface area contributed by atoms with Crippen molar-refractivity contribution in [1.82, 2.24) is 15.0 Å². The fourth-order valence-electron chi connectivity index (χ4n) is 4.08. The molecule has 168 valence electrons. The molecule has 6 nitrogen and oxygen atoms in total. The van der Waals surface area contributed by atoms with E-state index in [-0.39, 0.29) is 0 Å². The monoisotopic (exact) mass is 473 g/mol. The van der Waals surface area contributed by atoms with Crippen LogP contribution in [0.15, 0.2) is 110 Å². The van der Waals surface area contributed by atoms with E-state index in [1.54, 1.807) is 18.6 Å². The highest BCUT2D eigenvalue weighted by atomic mass is 27.3. The topological polar surface area (TPSA) is 66.4 Å². The Morgan fingerprint density at radius 1 is 0.514 bits per heavy atom. The Labute approximate surface area is 207 Å². The number of benzene rings is 3. The highest BCUT2D eigenvalue weighted by molar-refractivity contribution is 6.39. The third kappa shape index (κ3) is 4.53. The second-order valence-electron chi connectivity index (χ2n) is 7.99. The molecule has 7 heteroatoms. The van der Waals surface area contributed by atoms with E-state index >= 15 is 0 Å². The Balaban J connectivity index is 1.35. The molecule has 6 rings (SSSR count). The average molecular weight is 473 g/mol. The van der Waals surface area contributed by atoms with Crippen LogP contribution < -0.4 is 7.58 Å². The first-order valence-corrected chi connectivity index (χ1v) is 12.7. The fourth-order valence-corrected chi connectivity index (χ4v) is 5.38. The normalized spacial score (nSPS) is 11.1. The molecule has 3 heterocycles. The molecular weight excluding hydrogens is 453 g/mol. The maximum atomic E-state index is 6.40. The summed E-state index contributed by atoms with van der Waals surface area (Å²) in [7, 11) is 0. The Hall–Kier alpha value is -4.02. The van der Waals surface area contributed by atoms with Crippen LogP contribution in [0.25, 0.3) is 32.7 Å². The van der Waals surface area contributed by atoms with E-state index in [1.165, 1.54) is 0 Å².